The van der Waals surface area contributed by atoms with Crippen molar-refractivity contribution in [3.05, 3.63) is 40.8 Å². The normalized spacial score (nSPS) is 10.9. The summed E-state index contributed by atoms with van der Waals surface area (Å²) in [6, 6.07) is 7.88. The Balaban J connectivity index is 2.39. The van der Waals surface area contributed by atoms with Crippen molar-refractivity contribution in [3.8, 4) is 11.4 Å². The van der Waals surface area contributed by atoms with Crippen LogP contribution in [0.5, 0.6) is 0 Å². The molecule has 5 heteroatoms. The molecule has 0 amide bonds. The van der Waals surface area contributed by atoms with Gasteiger partial charge in [-0.3, -0.25) is 5.10 Å². The lowest BCUT2D eigenvalue weighted by Crippen LogP contribution is -1.94. The number of aryl methyl sites for hydroxylation is 1. The van der Waals surface area contributed by atoms with Crippen molar-refractivity contribution >= 4 is 26.8 Å². The summed E-state index contributed by atoms with van der Waals surface area (Å²) in [4.78, 5) is 8.90. The van der Waals surface area contributed by atoms with Gasteiger partial charge in [-0.15, -0.1) is 0 Å². The van der Waals surface area contributed by atoms with E-state index >= 15 is 0 Å². The maximum Gasteiger partial charge on any atom is 0.126 e. The Bertz CT molecular complexity index is 676. The minimum atomic E-state index is 0.754. The van der Waals surface area contributed by atoms with Gasteiger partial charge in [-0.05, 0) is 31.2 Å². The number of hydrogen-bond donors (Lipinski definition) is 1. The van der Waals surface area contributed by atoms with Gasteiger partial charge in [0.1, 0.15) is 5.82 Å². The number of nitrogens with one attached hydrogen (secondary N) is 1. The molecular weight excluding hydrogens is 280 g/mol. The van der Waals surface area contributed by atoms with Crippen LogP contribution in [0.1, 0.15) is 5.82 Å². The van der Waals surface area contributed by atoms with Crippen molar-refractivity contribution in [1.29, 1.82) is 0 Å². The summed E-state index contributed by atoms with van der Waals surface area (Å²) in [6.45, 7) is 1.89. The predicted molar refractivity (Wildman–Crippen MR) is 69.6 cm³/mol. The second-order valence-corrected chi connectivity index (χ2v) is 4.67. The molecule has 0 aliphatic rings. The van der Waals surface area contributed by atoms with E-state index < -0.39 is 0 Å². The van der Waals surface area contributed by atoms with Crippen molar-refractivity contribution in [3.63, 3.8) is 0 Å². The molecule has 2 heterocycles. The van der Waals surface area contributed by atoms with Crippen LogP contribution in [-0.2, 0) is 0 Å². The lowest BCUT2D eigenvalue weighted by molar-refractivity contribution is 1.06. The topological polar surface area (TPSA) is 54.5 Å². The van der Waals surface area contributed by atoms with Gasteiger partial charge in [0.25, 0.3) is 0 Å². The molecular formula is C12H9BrN4. The van der Waals surface area contributed by atoms with Gasteiger partial charge in [-0.25, -0.2) is 9.97 Å². The molecule has 0 fully saturated rings. The number of rotatable bonds is 1. The molecule has 0 aliphatic heterocycles. The third-order valence-electron chi connectivity index (χ3n) is 2.53. The molecule has 2 aromatic heterocycles. The highest BCUT2D eigenvalue weighted by Crippen LogP contribution is 2.26. The SMILES string of the molecule is Cc1nc(-c2ccn[nH]2)c2cc(Br)ccc2n1. The molecule has 0 saturated carbocycles. The van der Waals surface area contributed by atoms with E-state index in [9.17, 15) is 0 Å². The summed E-state index contributed by atoms with van der Waals surface area (Å²) in [7, 11) is 0. The molecule has 0 unspecified atom stereocenters. The molecule has 0 spiro atoms. The molecule has 0 atom stereocenters. The van der Waals surface area contributed by atoms with Crippen LogP contribution in [0.2, 0.25) is 0 Å². The summed E-state index contributed by atoms with van der Waals surface area (Å²) in [5.74, 6) is 0.754. The Morgan fingerprint density at radius 1 is 1.18 bits per heavy atom. The molecule has 0 saturated heterocycles. The molecule has 17 heavy (non-hydrogen) atoms. The molecule has 4 nitrogen and oxygen atoms in total. The first-order valence-corrected chi connectivity index (χ1v) is 5.97. The third-order valence-corrected chi connectivity index (χ3v) is 3.02. The van der Waals surface area contributed by atoms with Crippen molar-refractivity contribution in [1.82, 2.24) is 20.2 Å². The van der Waals surface area contributed by atoms with E-state index in [1.807, 2.05) is 31.2 Å². The van der Waals surface area contributed by atoms with E-state index in [0.29, 0.717) is 0 Å². The zero-order valence-electron chi connectivity index (χ0n) is 9.11. The van der Waals surface area contributed by atoms with Crippen molar-refractivity contribution in [2.45, 2.75) is 6.92 Å². The summed E-state index contributed by atoms with van der Waals surface area (Å²) in [5.41, 5.74) is 2.72. The summed E-state index contributed by atoms with van der Waals surface area (Å²) in [6.07, 6.45) is 1.72. The highest BCUT2D eigenvalue weighted by atomic mass is 79.9. The minimum absolute atomic E-state index is 0.754. The number of hydrogen-bond acceptors (Lipinski definition) is 3. The standard InChI is InChI=1S/C12H9BrN4/c1-7-15-10-3-2-8(13)6-9(10)12(16-7)11-4-5-14-17-11/h2-6H,1H3,(H,14,17). The zero-order valence-corrected chi connectivity index (χ0v) is 10.7. The monoisotopic (exact) mass is 288 g/mol. The highest BCUT2D eigenvalue weighted by Gasteiger charge is 2.09. The summed E-state index contributed by atoms with van der Waals surface area (Å²) < 4.78 is 1.01. The quantitative estimate of drug-likeness (QED) is 0.749. The van der Waals surface area contributed by atoms with Gasteiger partial charge < -0.3 is 0 Å². The van der Waals surface area contributed by atoms with Crippen molar-refractivity contribution in [2.75, 3.05) is 0 Å². The predicted octanol–water partition coefficient (Wildman–Crippen LogP) is 3.09. The number of aromatic nitrogens is 4. The lowest BCUT2D eigenvalue weighted by atomic mass is 10.1. The molecule has 1 aromatic carbocycles. The Labute approximate surface area is 106 Å². The van der Waals surface area contributed by atoms with Crippen LogP contribution in [0, 0.1) is 6.92 Å². The molecule has 84 valence electrons. The van der Waals surface area contributed by atoms with Gasteiger partial charge in [-0.2, -0.15) is 5.10 Å². The Hall–Kier alpha value is -1.75. The van der Waals surface area contributed by atoms with Crippen LogP contribution in [0.3, 0.4) is 0 Å². The molecule has 3 aromatic rings. The van der Waals surface area contributed by atoms with Gasteiger partial charge in [0.15, 0.2) is 0 Å². The van der Waals surface area contributed by atoms with Crippen LogP contribution in [0.15, 0.2) is 34.9 Å². The van der Waals surface area contributed by atoms with Gasteiger partial charge in [0.05, 0.1) is 16.9 Å². The first-order valence-electron chi connectivity index (χ1n) is 5.18. The van der Waals surface area contributed by atoms with Crippen LogP contribution in [0.25, 0.3) is 22.3 Å². The van der Waals surface area contributed by atoms with Crippen LogP contribution in [0.4, 0.5) is 0 Å². The fourth-order valence-electron chi connectivity index (χ4n) is 1.81. The van der Waals surface area contributed by atoms with E-state index in [4.69, 9.17) is 0 Å². The molecule has 0 radical (unpaired) electrons. The number of fused-ring (bicyclic) bond motifs is 1. The molecule has 0 aliphatic carbocycles. The largest absolute Gasteiger partial charge is 0.276 e. The Morgan fingerprint density at radius 2 is 2.06 bits per heavy atom. The lowest BCUT2D eigenvalue weighted by Gasteiger charge is -2.05. The van der Waals surface area contributed by atoms with E-state index in [2.05, 4.69) is 36.1 Å². The fraction of sp³-hybridized carbons (Fsp3) is 0.0833. The van der Waals surface area contributed by atoms with Gasteiger partial charge in [0, 0.05) is 16.1 Å². The van der Waals surface area contributed by atoms with Crippen LogP contribution < -0.4 is 0 Å². The summed E-state index contributed by atoms with van der Waals surface area (Å²) >= 11 is 3.47. The third kappa shape index (κ3) is 1.82. The number of halogens is 1. The fourth-order valence-corrected chi connectivity index (χ4v) is 2.17. The van der Waals surface area contributed by atoms with Crippen molar-refractivity contribution < 1.29 is 0 Å². The van der Waals surface area contributed by atoms with Gasteiger partial charge in [-0.1, -0.05) is 15.9 Å². The van der Waals surface area contributed by atoms with E-state index in [0.717, 1.165) is 32.6 Å². The molecule has 1 N–H and O–H groups in total. The van der Waals surface area contributed by atoms with Gasteiger partial charge in [0.2, 0.25) is 0 Å². The maximum absolute atomic E-state index is 4.48. The minimum Gasteiger partial charge on any atom is -0.276 e. The Morgan fingerprint density at radius 3 is 2.82 bits per heavy atom. The zero-order chi connectivity index (χ0) is 11.8. The maximum atomic E-state index is 4.48. The van der Waals surface area contributed by atoms with Crippen molar-refractivity contribution in [2.24, 2.45) is 0 Å². The van der Waals surface area contributed by atoms with E-state index in [-0.39, 0.29) is 0 Å². The van der Waals surface area contributed by atoms with E-state index in [1.54, 1.807) is 6.20 Å². The summed E-state index contributed by atoms with van der Waals surface area (Å²) in [5, 5.41) is 7.91. The van der Waals surface area contributed by atoms with E-state index in [1.165, 1.54) is 0 Å². The van der Waals surface area contributed by atoms with Crippen LogP contribution >= 0.6 is 15.9 Å². The average molecular weight is 289 g/mol. The number of benzene rings is 1. The molecule has 0 bridgehead atoms. The smallest absolute Gasteiger partial charge is 0.126 e. The first kappa shape index (κ1) is 10.4. The highest BCUT2D eigenvalue weighted by molar-refractivity contribution is 9.10. The number of aromatic amines is 1. The van der Waals surface area contributed by atoms with Crippen LogP contribution in [-0.4, -0.2) is 20.2 Å². The average Bonchev–Trinajstić information content (AvgIpc) is 2.82. The first-order chi connectivity index (χ1) is 8.24. The van der Waals surface area contributed by atoms with Gasteiger partial charge >= 0.3 is 0 Å². The molecule has 3 rings (SSSR count). The number of nitrogens with zero attached hydrogens (tertiary/aromatic N) is 3. The second kappa shape index (κ2) is 3.92. The Kier molecular flexibility index (Phi) is 2.40. The second-order valence-electron chi connectivity index (χ2n) is 3.75. The number of H-pyrrole nitrogens is 1.